The lowest BCUT2D eigenvalue weighted by molar-refractivity contribution is 0.474. The first-order valence-electron chi connectivity index (χ1n) is 6.25. The molecule has 0 aliphatic heterocycles. The summed E-state index contributed by atoms with van der Waals surface area (Å²) in [6, 6.07) is 8.58. The lowest BCUT2D eigenvalue weighted by Crippen LogP contribution is -2.22. The van der Waals surface area contributed by atoms with Gasteiger partial charge < -0.3 is 10.4 Å². The normalized spacial score (nSPS) is 25.4. The van der Waals surface area contributed by atoms with Gasteiger partial charge in [-0.15, -0.1) is 0 Å². The first-order valence-corrected chi connectivity index (χ1v) is 6.25. The van der Waals surface area contributed by atoms with Gasteiger partial charge in [-0.3, -0.25) is 0 Å². The van der Waals surface area contributed by atoms with Gasteiger partial charge in [-0.1, -0.05) is 25.5 Å². The van der Waals surface area contributed by atoms with Crippen molar-refractivity contribution >= 4 is 0 Å². The number of hydrogen-bond donors (Lipinski definition) is 2. The van der Waals surface area contributed by atoms with Crippen molar-refractivity contribution in [3.63, 3.8) is 0 Å². The third kappa shape index (κ3) is 2.76. The molecule has 2 N–H and O–H groups in total. The van der Waals surface area contributed by atoms with E-state index in [0.29, 0.717) is 17.8 Å². The van der Waals surface area contributed by atoms with Crippen molar-refractivity contribution in [1.29, 1.82) is 0 Å². The molecule has 1 aliphatic rings. The molecule has 2 nitrogen and oxygen atoms in total. The first kappa shape index (κ1) is 11.5. The van der Waals surface area contributed by atoms with E-state index in [0.717, 1.165) is 5.92 Å². The summed E-state index contributed by atoms with van der Waals surface area (Å²) in [7, 11) is 0. The van der Waals surface area contributed by atoms with Gasteiger partial charge in [0.2, 0.25) is 0 Å². The van der Waals surface area contributed by atoms with E-state index in [-0.39, 0.29) is 0 Å². The van der Waals surface area contributed by atoms with Crippen LogP contribution in [0.5, 0.6) is 5.75 Å². The second-order valence-electron chi connectivity index (χ2n) is 4.87. The van der Waals surface area contributed by atoms with Gasteiger partial charge in [0, 0.05) is 12.1 Å². The van der Waals surface area contributed by atoms with Gasteiger partial charge >= 0.3 is 0 Å². The number of phenols is 1. The van der Waals surface area contributed by atoms with Crippen LogP contribution in [-0.4, -0.2) is 11.1 Å². The first-order chi connectivity index (χ1) is 7.70. The van der Waals surface area contributed by atoms with Crippen LogP contribution in [0.15, 0.2) is 24.3 Å². The van der Waals surface area contributed by atoms with Crippen LogP contribution in [0.4, 0.5) is 0 Å². The summed E-state index contributed by atoms with van der Waals surface area (Å²) in [5.74, 6) is 1.23. The van der Waals surface area contributed by atoms with Crippen molar-refractivity contribution in [1.82, 2.24) is 5.32 Å². The molecule has 1 aliphatic carbocycles. The zero-order valence-electron chi connectivity index (χ0n) is 10.1. The van der Waals surface area contributed by atoms with E-state index in [1.807, 2.05) is 12.1 Å². The van der Waals surface area contributed by atoms with Gasteiger partial charge in [0.05, 0.1) is 0 Å². The molecule has 1 fully saturated rings. The van der Waals surface area contributed by atoms with E-state index in [4.69, 9.17) is 0 Å². The number of nitrogens with one attached hydrogen (secondary N) is 1. The van der Waals surface area contributed by atoms with Crippen LogP contribution in [0.2, 0.25) is 0 Å². The highest BCUT2D eigenvalue weighted by Crippen LogP contribution is 2.36. The molecule has 3 atom stereocenters. The molecule has 0 radical (unpaired) electrons. The topological polar surface area (TPSA) is 32.3 Å². The van der Waals surface area contributed by atoms with Crippen molar-refractivity contribution < 1.29 is 5.11 Å². The molecule has 88 valence electrons. The molecule has 0 bridgehead atoms. The molecule has 3 unspecified atom stereocenters. The Kier molecular flexibility index (Phi) is 3.49. The highest BCUT2D eigenvalue weighted by Gasteiger charge is 2.36. The summed E-state index contributed by atoms with van der Waals surface area (Å²) >= 11 is 0. The molecule has 16 heavy (non-hydrogen) atoms. The maximum atomic E-state index is 9.22. The minimum Gasteiger partial charge on any atom is -0.508 e. The molecule has 0 aromatic heterocycles. The third-order valence-corrected chi connectivity index (χ3v) is 3.44. The Balaban J connectivity index is 1.84. The molecular weight excluding hydrogens is 198 g/mol. The minimum absolute atomic E-state index is 0.339. The average Bonchev–Trinajstić information content (AvgIpc) is 2.98. The molecule has 1 aromatic rings. The minimum atomic E-state index is 0.339. The summed E-state index contributed by atoms with van der Waals surface area (Å²) in [6.07, 6.45) is 3.96. The summed E-state index contributed by atoms with van der Waals surface area (Å²) in [4.78, 5) is 0. The fraction of sp³-hybridized carbons (Fsp3) is 0.571. The van der Waals surface area contributed by atoms with Gasteiger partial charge in [0.15, 0.2) is 0 Å². The SMILES string of the molecule is CCCC1CC1NC(C)c1ccc(O)cc1. The Morgan fingerprint density at radius 3 is 2.69 bits per heavy atom. The molecule has 2 heteroatoms. The smallest absolute Gasteiger partial charge is 0.115 e. The zero-order chi connectivity index (χ0) is 11.5. The van der Waals surface area contributed by atoms with Crippen LogP contribution < -0.4 is 5.32 Å². The molecule has 0 amide bonds. The Morgan fingerprint density at radius 2 is 2.06 bits per heavy atom. The van der Waals surface area contributed by atoms with Crippen molar-refractivity contribution in [2.75, 3.05) is 0 Å². The Morgan fingerprint density at radius 1 is 1.38 bits per heavy atom. The van der Waals surface area contributed by atoms with E-state index < -0.39 is 0 Å². The lowest BCUT2D eigenvalue weighted by Gasteiger charge is -2.14. The van der Waals surface area contributed by atoms with E-state index in [9.17, 15) is 5.11 Å². The van der Waals surface area contributed by atoms with Crippen LogP contribution in [0.3, 0.4) is 0 Å². The number of benzene rings is 1. The van der Waals surface area contributed by atoms with E-state index >= 15 is 0 Å². The van der Waals surface area contributed by atoms with Crippen molar-refractivity contribution in [3.05, 3.63) is 29.8 Å². The van der Waals surface area contributed by atoms with Crippen molar-refractivity contribution in [2.24, 2.45) is 5.92 Å². The van der Waals surface area contributed by atoms with Crippen molar-refractivity contribution in [3.8, 4) is 5.75 Å². The highest BCUT2D eigenvalue weighted by atomic mass is 16.3. The summed E-state index contributed by atoms with van der Waals surface area (Å²) < 4.78 is 0. The summed E-state index contributed by atoms with van der Waals surface area (Å²) in [5, 5.41) is 12.9. The maximum Gasteiger partial charge on any atom is 0.115 e. The zero-order valence-corrected chi connectivity index (χ0v) is 10.1. The maximum absolute atomic E-state index is 9.22. The van der Waals surface area contributed by atoms with Crippen LogP contribution in [0.1, 0.15) is 44.7 Å². The van der Waals surface area contributed by atoms with E-state index in [2.05, 4.69) is 19.2 Å². The molecule has 1 aromatic carbocycles. The predicted molar refractivity (Wildman–Crippen MR) is 66.5 cm³/mol. The predicted octanol–water partition coefficient (Wildman–Crippen LogP) is 3.23. The van der Waals surface area contributed by atoms with Gasteiger partial charge in [-0.05, 0) is 43.4 Å². The van der Waals surface area contributed by atoms with Crippen LogP contribution in [0, 0.1) is 5.92 Å². The van der Waals surface area contributed by atoms with Gasteiger partial charge in [0.25, 0.3) is 0 Å². The summed E-state index contributed by atoms with van der Waals surface area (Å²) in [5.41, 5.74) is 1.25. The molecule has 1 saturated carbocycles. The Labute approximate surface area is 97.7 Å². The standard InChI is InChI=1S/C14H21NO/c1-3-4-12-9-14(12)15-10(2)11-5-7-13(16)8-6-11/h5-8,10,12,14-16H,3-4,9H2,1-2H3. The number of phenolic OH excluding ortho intramolecular Hbond substituents is 1. The molecule has 2 rings (SSSR count). The summed E-state index contributed by atoms with van der Waals surface area (Å²) in [6.45, 7) is 4.44. The molecule has 0 spiro atoms. The number of aromatic hydroxyl groups is 1. The Hall–Kier alpha value is -1.02. The highest BCUT2D eigenvalue weighted by molar-refractivity contribution is 5.27. The van der Waals surface area contributed by atoms with Crippen LogP contribution in [-0.2, 0) is 0 Å². The van der Waals surface area contributed by atoms with Gasteiger partial charge in [-0.25, -0.2) is 0 Å². The molecule has 0 heterocycles. The van der Waals surface area contributed by atoms with Gasteiger partial charge in [0.1, 0.15) is 5.75 Å². The Bertz CT molecular complexity index is 333. The third-order valence-electron chi connectivity index (χ3n) is 3.44. The van der Waals surface area contributed by atoms with Gasteiger partial charge in [-0.2, -0.15) is 0 Å². The second-order valence-corrected chi connectivity index (χ2v) is 4.87. The number of rotatable bonds is 5. The average molecular weight is 219 g/mol. The second kappa shape index (κ2) is 4.88. The fourth-order valence-corrected chi connectivity index (χ4v) is 2.32. The molecular formula is C14H21NO. The quantitative estimate of drug-likeness (QED) is 0.797. The van der Waals surface area contributed by atoms with Crippen LogP contribution >= 0.6 is 0 Å². The van der Waals surface area contributed by atoms with Crippen LogP contribution in [0.25, 0.3) is 0 Å². The fourth-order valence-electron chi connectivity index (χ4n) is 2.32. The largest absolute Gasteiger partial charge is 0.508 e. The lowest BCUT2D eigenvalue weighted by atomic mass is 10.1. The van der Waals surface area contributed by atoms with Crippen molar-refractivity contribution in [2.45, 2.75) is 45.2 Å². The molecule has 0 saturated heterocycles. The van der Waals surface area contributed by atoms with E-state index in [1.165, 1.54) is 24.8 Å². The van der Waals surface area contributed by atoms with E-state index in [1.54, 1.807) is 12.1 Å². The number of hydrogen-bond acceptors (Lipinski definition) is 2. The monoisotopic (exact) mass is 219 g/mol.